The Bertz CT molecular complexity index is 1100. The first-order valence-electron chi connectivity index (χ1n) is 8.73. The zero-order valence-corrected chi connectivity index (χ0v) is 15.7. The van der Waals surface area contributed by atoms with Crippen molar-refractivity contribution in [3.05, 3.63) is 36.2 Å². The van der Waals surface area contributed by atoms with E-state index in [4.69, 9.17) is 5.73 Å². The number of carbonyl (C=O) groups is 2. The van der Waals surface area contributed by atoms with E-state index >= 15 is 0 Å². The van der Waals surface area contributed by atoms with Crippen LogP contribution in [0.15, 0.2) is 30.6 Å². The van der Waals surface area contributed by atoms with Gasteiger partial charge in [-0.05, 0) is 24.6 Å². The quantitative estimate of drug-likeness (QED) is 0.585. The second-order valence-electron chi connectivity index (χ2n) is 6.28. The van der Waals surface area contributed by atoms with E-state index in [9.17, 15) is 22.8 Å². The number of alkyl halides is 3. The lowest BCUT2D eigenvalue weighted by Crippen LogP contribution is -2.12. The summed E-state index contributed by atoms with van der Waals surface area (Å²) < 4.78 is 45.0. The van der Waals surface area contributed by atoms with E-state index in [1.807, 2.05) is 0 Å². The molecule has 0 saturated heterocycles. The van der Waals surface area contributed by atoms with E-state index in [1.165, 1.54) is 30.1 Å². The first-order valence-corrected chi connectivity index (χ1v) is 8.73. The summed E-state index contributed by atoms with van der Waals surface area (Å²) in [6.45, 7) is 0. The molecule has 9 nitrogen and oxygen atoms in total. The van der Waals surface area contributed by atoms with Crippen LogP contribution in [0.3, 0.4) is 0 Å². The number of methoxy groups -OCH3 is 1. The number of nitrogen functional groups attached to an aromatic ring is 1. The fourth-order valence-electron chi connectivity index (χ4n) is 2.64. The molecule has 158 valence electrons. The summed E-state index contributed by atoms with van der Waals surface area (Å²) in [6, 6.07) is 3.90. The third-order valence-corrected chi connectivity index (χ3v) is 4.12. The van der Waals surface area contributed by atoms with Crippen LogP contribution in [-0.2, 0) is 20.5 Å². The van der Waals surface area contributed by atoms with Gasteiger partial charge in [-0.25, -0.2) is 14.5 Å². The standard InChI is InChI=1S/C18H17F3N6O3/c1-30-16(29)4-2-3-15(28)25-13-9-27-14(24-13)6-5-12(26-27)10-7-11(18(19,20)21)17(22)23-8-10/h5-9H,2-4H2,1H3,(H2,22,23)(H,25,28). The molecule has 0 aliphatic carbocycles. The maximum absolute atomic E-state index is 13.1. The fourth-order valence-corrected chi connectivity index (χ4v) is 2.64. The molecule has 3 aromatic heterocycles. The Labute approximate surface area is 168 Å². The molecule has 12 heteroatoms. The number of hydrogen-bond donors (Lipinski definition) is 2. The van der Waals surface area contributed by atoms with E-state index in [-0.39, 0.29) is 35.8 Å². The van der Waals surface area contributed by atoms with E-state index in [0.717, 1.165) is 6.07 Å². The summed E-state index contributed by atoms with van der Waals surface area (Å²) >= 11 is 0. The minimum atomic E-state index is -4.64. The van der Waals surface area contributed by atoms with Gasteiger partial charge in [0.2, 0.25) is 5.91 Å². The maximum atomic E-state index is 13.1. The number of rotatable bonds is 6. The van der Waals surface area contributed by atoms with Gasteiger partial charge < -0.3 is 15.8 Å². The second-order valence-corrected chi connectivity index (χ2v) is 6.28. The molecule has 3 rings (SSSR count). The Kier molecular flexibility index (Phi) is 5.85. The van der Waals surface area contributed by atoms with Crippen molar-refractivity contribution in [1.82, 2.24) is 19.6 Å². The van der Waals surface area contributed by atoms with Gasteiger partial charge in [0, 0.05) is 24.6 Å². The summed E-state index contributed by atoms with van der Waals surface area (Å²) in [7, 11) is 1.27. The van der Waals surface area contributed by atoms with Crippen LogP contribution in [0.1, 0.15) is 24.8 Å². The Morgan fingerprint density at radius 2 is 2.03 bits per heavy atom. The number of esters is 1. The highest BCUT2D eigenvalue weighted by Crippen LogP contribution is 2.34. The molecular formula is C18H17F3N6O3. The van der Waals surface area contributed by atoms with Crippen molar-refractivity contribution >= 4 is 29.2 Å². The van der Waals surface area contributed by atoms with Gasteiger partial charge in [-0.1, -0.05) is 0 Å². The number of nitrogens with two attached hydrogens (primary N) is 1. The summed E-state index contributed by atoms with van der Waals surface area (Å²) in [5.74, 6) is -1.15. The number of hydrogen-bond acceptors (Lipinski definition) is 7. The molecule has 0 saturated carbocycles. The topological polar surface area (TPSA) is 124 Å². The average molecular weight is 422 g/mol. The molecule has 0 aromatic carbocycles. The minimum Gasteiger partial charge on any atom is -0.469 e. The average Bonchev–Trinajstić information content (AvgIpc) is 3.08. The van der Waals surface area contributed by atoms with Gasteiger partial charge in [-0.2, -0.15) is 18.3 Å². The third kappa shape index (κ3) is 4.82. The first kappa shape index (κ1) is 21.0. The Morgan fingerprint density at radius 1 is 1.27 bits per heavy atom. The zero-order valence-electron chi connectivity index (χ0n) is 15.7. The summed E-state index contributed by atoms with van der Waals surface area (Å²) in [6.07, 6.45) is -1.49. The number of imidazole rings is 1. The van der Waals surface area contributed by atoms with Crippen molar-refractivity contribution in [3.8, 4) is 11.3 Å². The Balaban J connectivity index is 1.77. The molecule has 3 aromatic rings. The predicted octanol–water partition coefficient (Wildman–Crippen LogP) is 2.67. The first-order chi connectivity index (χ1) is 14.2. The number of aromatic nitrogens is 4. The summed E-state index contributed by atoms with van der Waals surface area (Å²) in [5, 5.41) is 6.79. The van der Waals surface area contributed by atoms with Crippen LogP contribution < -0.4 is 11.1 Å². The van der Waals surface area contributed by atoms with E-state index in [0.29, 0.717) is 12.1 Å². The van der Waals surface area contributed by atoms with Gasteiger partial charge in [0.05, 0.1) is 24.6 Å². The molecule has 0 unspecified atom stereocenters. The summed E-state index contributed by atoms with van der Waals surface area (Å²) in [4.78, 5) is 30.8. The minimum absolute atomic E-state index is 0.0962. The lowest BCUT2D eigenvalue weighted by molar-refractivity contribution is -0.140. The van der Waals surface area contributed by atoms with Crippen molar-refractivity contribution in [3.63, 3.8) is 0 Å². The number of nitrogens with zero attached hydrogens (tertiary/aromatic N) is 4. The van der Waals surface area contributed by atoms with Crippen LogP contribution in [0.25, 0.3) is 16.9 Å². The van der Waals surface area contributed by atoms with Gasteiger partial charge in [0.1, 0.15) is 5.82 Å². The molecule has 0 radical (unpaired) electrons. The van der Waals surface area contributed by atoms with Crippen molar-refractivity contribution in [1.29, 1.82) is 0 Å². The molecule has 0 aliphatic rings. The number of carbonyl (C=O) groups excluding carboxylic acids is 2. The number of pyridine rings is 1. The molecule has 3 N–H and O–H groups in total. The smallest absolute Gasteiger partial charge is 0.419 e. The van der Waals surface area contributed by atoms with E-state index < -0.39 is 23.5 Å². The number of anilines is 2. The lowest BCUT2D eigenvalue weighted by Gasteiger charge is -2.10. The molecular weight excluding hydrogens is 405 g/mol. The number of amides is 1. The number of ether oxygens (including phenoxy) is 1. The number of fused-ring (bicyclic) bond motifs is 1. The van der Waals surface area contributed by atoms with Gasteiger partial charge in [-0.15, -0.1) is 0 Å². The van der Waals surface area contributed by atoms with Crippen molar-refractivity contribution in [2.45, 2.75) is 25.4 Å². The number of halogens is 3. The maximum Gasteiger partial charge on any atom is 0.419 e. The SMILES string of the molecule is COC(=O)CCCC(=O)Nc1cn2nc(-c3cnc(N)c(C(F)(F)F)c3)ccc2n1. The van der Waals surface area contributed by atoms with E-state index in [2.05, 4.69) is 25.1 Å². The van der Waals surface area contributed by atoms with Crippen LogP contribution in [0.5, 0.6) is 0 Å². The highest BCUT2D eigenvalue weighted by atomic mass is 19.4. The highest BCUT2D eigenvalue weighted by Gasteiger charge is 2.34. The predicted molar refractivity (Wildman–Crippen MR) is 100 cm³/mol. The second kappa shape index (κ2) is 8.35. The van der Waals surface area contributed by atoms with Crippen LogP contribution in [-0.4, -0.2) is 38.6 Å². The Morgan fingerprint density at radius 3 is 2.73 bits per heavy atom. The van der Waals surface area contributed by atoms with Crippen LogP contribution in [0, 0.1) is 0 Å². The lowest BCUT2D eigenvalue weighted by atomic mass is 10.1. The van der Waals surface area contributed by atoms with Crippen LogP contribution in [0.4, 0.5) is 24.8 Å². The van der Waals surface area contributed by atoms with Crippen molar-refractivity contribution < 1.29 is 27.5 Å². The molecule has 1 amide bonds. The molecule has 0 spiro atoms. The van der Waals surface area contributed by atoms with Gasteiger partial charge in [0.25, 0.3) is 0 Å². The Hall–Kier alpha value is -3.70. The fraction of sp³-hybridized carbons (Fsp3) is 0.278. The van der Waals surface area contributed by atoms with Crippen LogP contribution in [0.2, 0.25) is 0 Å². The normalized spacial score (nSPS) is 11.5. The summed E-state index contributed by atoms with van der Waals surface area (Å²) in [5.41, 5.74) is 4.99. The van der Waals surface area contributed by atoms with Crippen LogP contribution >= 0.6 is 0 Å². The third-order valence-electron chi connectivity index (χ3n) is 4.12. The van der Waals surface area contributed by atoms with Gasteiger partial charge in [0.15, 0.2) is 11.5 Å². The largest absolute Gasteiger partial charge is 0.469 e. The van der Waals surface area contributed by atoms with Crippen molar-refractivity contribution in [2.75, 3.05) is 18.2 Å². The molecule has 0 atom stereocenters. The molecule has 0 bridgehead atoms. The molecule has 3 heterocycles. The monoisotopic (exact) mass is 422 g/mol. The highest BCUT2D eigenvalue weighted by molar-refractivity contribution is 5.90. The number of nitrogens with one attached hydrogen (secondary N) is 1. The van der Waals surface area contributed by atoms with Gasteiger partial charge in [-0.3, -0.25) is 9.59 Å². The van der Waals surface area contributed by atoms with Gasteiger partial charge >= 0.3 is 12.1 Å². The zero-order chi connectivity index (χ0) is 21.9. The molecule has 30 heavy (non-hydrogen) atoms. The van der Waals surface area contributed by atoms with Crippen molar-refractivity contribution in [2.24, 2.45) is 0 Å². The van der Waals surface area contributed by atoms with E-state index in [1.54, 1.807) is 6.07 Å². The molecule has 0 aliphatic heterocycles. The molecule has 0 fully saturated rings.